The molecule has 1 fully saturated rings. The molecule has 0 aromatic heterocycles. The summed E-state index contributed by atoms with van der Waals surface area (Å²) < 4.78 is 16.4. The van der Waals surface area contributed by atoms with Gasteiger partial charge in [-0.15, -0.1) is 0 Å². The fraction of sp³-hybridized carbons (Fsp3) is 0.400. The molecule has 6 nitrogen and oxygen atoms in total. The van der Waals surface area contributed by atoms with Crippen molar-refractivity contribution in [3.05, 3.63) is 48.0 Å². The Bertz CT molecular complexity index is 548. The highest BCUT2D eigenvalue weighted by Crippen LogP contribution is 2.29. The molecule has 3 aliphatic rings. The molecule has 112 valence electrons. The van der Waals surface area contributed by atoms with E-state index >= 15 is 0 Å². The number of carbonyl (C=O) groups excluding carboxylic acids is 1. The molecule has 2 aliphatic heterocycles. The monoisotopic (exact) mass is 290 g/mol. The van der Waals surface area contributed by atoms with E-state index < -0.39 is 6.09 Å². The SMILES string of the molecule is CNC[C@H]1CN(C2=COC=C(C3=CC=CCC3)O2)C(=O)O1. The van der Waals surface area contributed by atoms with Crippen LogP contribution in [0.1, 0.15) is 12.8 Å². The molecule has 1 N–H and O–H groups in total. The topological polar surface area (TPSA) is 60.0 Å². The molecule has 1 amide bonds. The summed E-state index contributed by atoms with van der Waals surface area (Å²) in [7, 11) is 1.82. The zero-order chi connectivity index (χ0) is 14.7. The molecule has 3 rings (SSSR count). The average Bonchev–Trinajstić information content (AvgIpc) is 2.89. The molecule has 21 heavy (non-hydrogen) atoms. The molecule has 1 saturated heterocycles. The van der Waals surface area contributed by atoms with E-state index in [9.17, 15) is 4.79 Å². The Morgan fingerprint density at radius 2 is 2.33 bits per heavy atom. The van der Waals surface area contributed by atoms with Gasteiger partial charge in [-0.1, -0.05) is 18.2 Å². The van der Waals surface area contributed by atoms with Crippen LogP contribution in [0.4, 0.5) is 4.79 Å². The predicted octanol–water partition coefficient (Wildman–Crippen LogP) is 1.99. The Hall–Kier alpha value is -2.21. The first kappa shape index (κ1) is 13.8. The van der Waals surface area contributed by atoms with Crippen LogP contribution in [-0.2, 0) is 14.2 Å². The van der Waals surface area contributed by atoms with E-state index in [0.717, 1.165) is 18.4 Å². The number of likely N-dealkylation sites (N-methyl/N-ethyl adjacent to an activating group) is 1. The summed E-state index contributed by atoms with van der Waals surface area (Å²) in [5, 5.41) is 2.99. The van der Waals surface area contributed by atoms with Gasteiger partial charge >= 0.3 is 6.09 Å². The standard InChI is InChI=1S/C15H18N2O4/c1-16-7-12-8-17(15(18)20-12)14-10-19-9-13(21-14)11-5-3-2-4-6-11/h2-3,5,9-10,12,16H,4,6-8H2,1H3/t12-/m0/s1. The first-order chi connectivity index (χ1) is 10.3. The zero-order valence-corrected chi connectivity index (χ0v) is 11.9. The van der Waals surface area contributed by atoms with Gasteiger partial charge in [-0.25, -0.2) is 9.69 Å². The van der Waals surface area contributed by atoms with Gasteiger partial charge in [-0.3, -0.25) is 0 Å². The van der Waals surface area contributed by atoms with Gasteiger partial charge in [0.05, 0.1) is 6.54 Å². The van der Waals surface area contributed by atoms with Crippen molar-refractivity contribution in [1.29, 1.82) is 0 Å². The van der Waals surface area contributed by atoms with Gasteiger partial charge in [0, 0.05) is 6.54 Å². The van der Waals surface area contributed by atoms with E-state index in [2.05, 4.69) is 11.4 Å². The van der Waals surface area contributed by atoms with Crippen molar-refractivity contribution < 1.29 is 19.0 Å². The van der Waals surface area contributed by atoms with Crippen molar-refractivity contribution in [3.63, 3.8) is 0 Å². The van der Waals surface area contributed by atoms with Crippen LogP contribution in [0.5, 0.6) is 0 Å². The van der Waals surface area contributed by atoms with Gasteiger partial charge in [-0.05, 0) is 25.5 Å². The van der Waals surface area contributed by atoms with E-state index in [-0.39, 0.29) is 6.10 Å². The highest BCUT2D eigenvalue weighted by molar-refractivity contribution is 5.72. The number of hydrogen-bond donors (Lipinski definition) is 1. The highest BCUT2D eigenvalue weighted by Gasteiger charge is 2.35. The van der Waals surface area contributed by atoms with Crippen molar-refractivity contribution in [3.8, 4) is 0 Å². The molecule has 2 heterocycles. The van der Waals surface area contributed by atoms with Crippen molar-refractivity contribution in [1.82, 2.24) is 10.2 Å². The molecule has 0 aromatic rings. The second kappa shape index (κ2) is 6.05. The van der Waals surface area contributed by atoms with Crippen molar-refractivity contribution in [2.75, 3.05) is 20.1 Å². The number of rotatable bonds is 4. The summed E-state index contributed by atoms with van der Waals surface area (Å²) in [6.45, 7) is 1.05. The third kappa shape index (κ3) is 2.95. The maximum absolute atomic E-state index is 11.9. The third-order valence-corrected chi connectivity index (χ3v) is 3.46. The number of nitrogens with zero attached hydrogens (tertiary/aromatic N) is 1. The lowest BCUT2D eigenvalue weighted by atomic mass is 10.0. The Kier molecular flexibility index (Phi) is 3.96. The molecule has 0 spiro atoms. The van der Waals surface area contributed by atoms with E-state index in [0.29, 0.717) is 24.7 Å². The number of cyclic esters (lactones) is 1. The quantitative estimate of drug-likeness (QED) is 0.858. The second-order valence-electron chi connectivity index (χ2n) is 5.01. The van der Waals surface area contributed by atoms with Crippen LogP contribution in [0.3, 0.4) is 0 Å². The fourth-order valence-corrected chi connectivity index (χ4v) is 2.42. The predicted molar refractivity (Wildman–Crippen MR) is 75.7 cm³/mol. The summed E-state index contributed by atoms with van der Waals surface area (Å²) >= 11 is 0. The fourth-order valence-electron chi connectivity index (χ4n) is 2.42. The van der Waals surface area contributed by atoms with Crippen LogP contribution in [0.25, 0.3) is 0 Å². The lowest BCUT2D eigenvalue weighted by molar-refractivity contribution is 0.119. The van der Waals surface area contributed by atoms with Crippen LogP contribution in [0.2, 0.25) is 0 Å². The Morgan fingerprint density at radius 1 is 1.43 bits per heavy atom. The van der Waals surface area contributed by atoms with Gasteiger partial charge in [0.25, 0.3) is 0 Å². The number of ether oxygens (including phenoxy) is 3. The third-order valence-electron chi connectivity index (χ3n) is 3.46. The normalized spacial score (nSPS) is 24.6. The van der Waals surface area contributed by atoms with Crippen LogP contribution < -0.4 is 5.32 Å². The number of allylic oxidation sites excluding steroid dienone is 4. The minimum absolute atomic E-state index is 0.182. The highest BCUT2D eigenvalue weighted by atomic mass is 16.6. The van der Waals surface area contributed by atoms with Crippen molar-refractivity contribution in [2.45, 2.75) is 18.9 Å². The van der Waals surface area contributed by atoms with Gasteiger partial charge < -0.3 is 19.5 Å². The maximum Gasteiger partial charge on any atom is 0.417 e. The van der Waals surface area contributed by atoms with Crippen molar-refractivity contribution in [2.24, 2.45) is 0 Å². The van der Waals surface area contributed by atoms with Gasteiger partial charge in [-0.2, -0.15) is 0 Å². The minimum Gasteiger partial charge on any atom is -0.463 e. The number of carbonyl (C=O) groups is 1. The molecule has 0 unspecified atom stereocenters. The summed E-state index contributed by atoms with van der Waals surface area (Å²) in [6.07, 6.45) is 10.3. The molecule has 6 heteroatoms. The molecular weight excluding hydrogens is 272 g/mol. The van der Waals surface area contributed by atoms with Crippen molar-refractivity contribution >= 4 is 6.09 Å². The summed E-state index contributed by atoms with van der Waals surface area (Å²) in [4.78, 5) is 13.3. The molecule has 0 aromatic carbocycles. The number of amides is 1. The average molecular weight is 290 g/mol. The van der Waals surface area contributed by atoms with E-state index in [4.69, 9.17) is 14.2 Å². The molecule has 0 saturated carbocycles. The maximum atomic E-state index is 11.9. The molecule has 1 aliphatic carbocycles. The molecule has 0 bridgehead atoms. The van der Waals surface area contributed by atoms with Crippen LogP contribution in [0, 0.1) is 0 Å². The number of nitrogens with one attached hydrogen (secondary N) is 1. The zero-order valence-electron chi connectivity index (χ0n) is 11.9. The lowest BCUT2D eigenvalue weighted by Crippen LogP contribution is -2.30. The summed E-state index contributed by atoms with van der Waals surface area (Å²) in [5.41, 5.74) is 1.06. The lowest BCUT2D eigenvalue weighted by Gasteiger charge is -2.23. The number of hydrogen-bond acceptors (Lipinski definition) is 5. The summed E-state index contributed by atoms with van der Waals surface area (Å²) in [6, 6.07) is 0. The first-order valence-electron chi connectivity index (χ1n) is 7.00. The molecule has 0 radical (unpaired) electrons. The summed E-state index contributed by atoms with van der Waals surface area (Å²) in [5.74, 6) is 1.01. The molecular formula is C15H18N2O4. The Labute approximate surface area is 123 Å². The van der Waals surface area contributed by atoms with Crippen LogP contribution >= 0.6 is 0 Å². The first-order valence-corrected chi connectivity index (χ1v) is 7.00. The van der Waals surface area contributed by atoms with E-state index in [1.165, 1.54) is 11.2 Å². The van der Waals surface area contributed by atoms with E-state index in [1.807, 2.05) is 19.2 Å². The Balaban J connectivity index is 1.67. The van der Waals surface area contributed by atoms with Crippen LogP contribution in [-0.4, -0.2) is 37.2 Å². The van der Waals surface area contributed by atoms with Crippen LogP contribution in [0.15, 0.2) is 48.0 Å². The van der Waals surface area contributed by atoms with Gasteiger partial charge in [0.1, 0.15) is 12.4 Å². The largest absolute Gasteiger partial charge is 0.463 e. The second-order valence-corrected chi connectivity index (χ2v) is 5.01. The minimum atomic E-state index is -0.413. The van der Waals surface area contributed by atoms with Gasteiger partial charge in [0.15, 0.2) is 12.0 Å². The van der Waals surface area contributed by atoms with E-state index in [1.54, 1.807) is 6.26 Å². The smallest absolute Gasteiger partial charge is 0.417 e. The molecule has 1 atom stereocenters. The Morgan fingerprint density at radius 3 is 3.10 bits per heavy atom. The van der Waals surface area contributed by atoms with Gasteiger partial charge in [0.2, 0.25) is 5.88 Å².